The fourth-order valence-corrected chi connectivity index (χ4v) is 2.71. The highest BCUT2D eigenvalue weighted by Gasteiger charge is 2.28. The molecule has 0 spiro atoms. The lowest BCUT2D eigenvalue weighted by molar-refractivity contribution is -0.136. The standard InChI is InChI=1S/C16H23N3O2/c17-14(7-6-12-4-2-1-3-5-12)16(21)19-10-8-13(9-11-19)15(18)20/h1-5,13-14H,6-11,17H2,(H2,18,20). The number of benzene rings is 1. The molecule has 0 saturated carbocycles. The number of rotatable bonds is 5. The number of amides is 2. The van der Waals surface area contributed by atoms with Gasteiger partial charge in [0.2, 0.25) is 11.8 Å². The molecular weight excluding hydrogens is 266 g/mol. The number of nitrogens with two attached hydrogens (primary N) is 2. The van der Waals surface area contributed by atoms with Crippen LogP contribution in [0.25, 0.3) is 0 Å². The van der Waals surface area contributed by atoms with Crippen molar-refractivity contribution in [2.75, 3.05) is 13.1 Å². The molecule has 0 radical (unpaired) electrons. The third kappa shape index (κ3) is 4.29. The van der Waals surface area contributed by atoms with E-state index in [0.29, 0.717) is 32.4 Å². The van der Waals surface area contributed by atoms with Crippen molar-refractivity contribution < 1.29 is 9.59 Å². The number of hydrogen-bond donors (Lipinski definition) is 2. The minimum atomic E-state index is -0.477. The predicted octanol–water partition coefficient (Wildman–Crippen LogP) is 0.670. The molecule has 114 valence electrons. The van der Waals surface area contributed by atoms with Crippen LogP contribution in [-0.4, -0.2) is 35.8 Å². The van der Waals surface area contributed by atoms with Gasteiger partial charge in [0.15, 0.2) is 0 Å². The summed E-state index contributed by atoms with van der Waals surface area (Å²) in [6.07, 6.45) is 2.73. The van der Waals surface area contributed by atoms with E-state index < -0.39 is 6.04 Å². The van der Waals surface area contributed by atoms with E-state index in [1.807, 2.05) is 30.3 Å². The van der Waals surface area contributed by atoms with Crippen LogP contribution < -0.4 is 11.5 Å². The van der Waals surface area contributed by atoms with Gasteiger partial charge in [0, 0.05) is 19.0 Å². The zero-order valence-corrected chi connectivity index (χ0v) is 12.2. The summed E-state index contributed by atoms with van der Waals surface area (Å²) in [6, 6.07) is 9.53. The smallest absolute Gasteiger partial charge is 0.239 e. The van der Waals surface area contributed by atoms with E-state index in [1.165, 1.54) is 5.56 Å². The Hall–Kier alpha value is -1.88. The lowest BCUT2D eigenvalue weighted by atomic mass is 9.95. The summed E-state index contributed by atoms with van der Waals surface area (Å²) < 4.78 is 0. The number of primary amides is 1. The summed E-state index contributed by atoms with van der Waals surface area (Å²) in [6.45, 7) is 1.15. The van der Waals surface area contributed by atoms with Crippen LogP contribution in [0.4, 0.5) is 0 Å². The molecule has 1 aromatic carbocycles. The molecule has 1 aromatic rings. The SMILES string of the molecule is NC(=O)C1CCN(C(=O)C(N)CCc2ccccc2)CC1. The van der Waals surface area contributed by atoms with Crippen LogP contribution in [0.15, 0.2) is 30.3 Å². The van der Waals surface area contributed by atoms with E-state index in [-0.39, 0.29) is 17.7 Å². The summed E-state index contributed by atoms with van der Waals surface area (Å²) >= 11 is 0. The number of carbonyl (C=O) groups excluding carboxylic acids is 2. The van der Waals surface area contributed by atoms with Crippen LogP contribution in [0.2, 0.25) is 0 Å². The Balaban J connectivity index is 1.79. The maximum Gasteiger partial charge on any atom is 0.239 e. The average molecular weight is 289 g/mol. The Morgan fingerprint density at radius 1 is 1.19 bits per heavy atom. The highest BCUT2D eigenvalue weighted by molar-refractivity contribution is 5.82. The van der Waals surface area contributed by atoms with Gasteiger partial charge in [0.25, 0.3) is 0 Å². The molecule has 0 aliphatic carbocycles. The summed E-state index contributed by atoms with van der Waals surface area (Å²) in [4.78, 5) is 25.2. The molecule has 1 heterocycles. The van der Waals surface area contributed by atoms with Crippen LogP contribution in [0.1, 0.15) is 24.8 Å². The molecule has 1 aliphatic heterocycles. The number of hydrogen-bond acceptors (Lipinski definition) is 3. The van der Waals surface area contributed by atoms with Crippen molar-refractivity contribution in [2.45, 2.75) is 31.7 Å². The second-order valence-electron chi connectivity index (χ2n) is 5.63. The van der Waals surface area contributed by atoms with E-state index in [4.69, 9.17) is 11.5 Å². The van der Waals surface area contributed by atoms with Crippen LogP contribution in [0.5, 0.6) is 0 Å². The third-order valence-corrected chi connectivity index (χ3v) is 4.11. The summed E-state index contributed by atoms with van der Waals surface area (Å²) in [5, 5.41) is 0. The van der Waals surface area contributed by atoms with Crippen molar-refractivity contribution in [1.29, 1.82) is 0 Å². The fourth-order valence-electron chi connectivity index (χ4n) is 2.71. The highest BCUT2D eigenvalue weighted by atomic mass is 16.2. The predicted molar refractivity (Wildman–Crippen MR) is 81.2 cm³/mol. The molecule has 1 fully saturated rings. The first-order valence-electron chi connectivity index (χ1n) is 7.45. The van der Waals surface area contributed by atoms with Gasteiger partial charge in [0.1, 0.15) is 0 Å². The minimum absolute atomic E-state index is 0.0196. The molecule has 0 aromatic heterocycles. The molecule has 2 amide bonds. The zero-order chi connectivity index (χ0) is 15.2. The third-order valence-electron chi connectivity index (χ3n) is 4.11. The molecule has 21 heavy (non-hydrogen) atoms. The Morgan fingerprint density at radius 3 is 2.38 bits per heavy atom. The molecule has 5 nitrogen and oxygen atoms in total. The quantitative estimate of drug-likeness (QED) is 0.835. The van der Waals surface area contributed by atoms with Crippen LogP contribution >= 0.6 is 0 Å². The number of piperidine rings is 1. The van der Waals surface area contributed by atoms with Gasteiger partial charge in [-0.1, -0.05) is 30.3 Å². The van der Waals surface area contributed by atoms with Crippen molar-refractivity contribution in [2.24, 2.45) is 17.4 Å². The van der Waals surface area contributed by atoms with Crippen molar-refractivity contribution in [1.82, 2.24) is 4.90 Å². The molecule has 5 heteroatoms. The molecule has 0 bridgehead atoms. The van der Waals surface area contributed by atoms with E-state index >= 15 is 0 Å². The lowest BCUT2D eigenvalue weighted by Crippen LogP contribution is -2.48. The van der Waals surface area contributed by atoms with E-state index in [1.54, 1.807) is 4.90 Å². The fraction of sp³-hybridized carbons (Fsp3) is 0.500. The number of nitrogens with zero attached hydrogens (tertiary/aromatic N) is 1. The van der Waals surface area contributed by atoms with Gasteiger partial charge in [-0.15, -0.1) is 0 Å². The van der Waals surface area contributed by atoms with Gasteiger partial charge in [-0.25, -0.2) is 0 Å². The summed E-state index contributed by atoms with van der Waals surface area (Å²) in [5.74, 6) is -0.390. The summed E-state index contributed by atoms with van der Waals surface area (Å²) in [5.41, 5.74) is 12.5. The van der Waals surface area contributed by atoms with Crippen molar-refractivity contribution in [3.05, 3.63) is 35.9 Å². The van der Waals surface area contributed by atoms with Gasteiger partial charge >= 0.3 is 0 Å². The number of carbonyl (C=O) groups is 2. The molecule has 1 atom stereocenters. The van der Waals surface area contributed by atoms with Gasteiger partial charge in [-0.05, 0) is 31.2 Å². The zero-order valence-electron chi connectivity index (χ0n) is 12.2. The number of aryl methyl sites for hydroxylation is 1. The second kappa shape index (κ2) is 7.22. The Morgan fingerprint density at radius 2 is 1.81 bits per heavy atom. The Labute approximate surface area is 125 Å². The topological polar surface area (TPSA) is 89.4 Å². The Bertz CT molecular complexity index is 482. The highest BCUT2D eigenvalue weighted by Crippen LogP contribution is 2.17. The minimum Gasteiger partial charge on any atom is -0.369 e. The second-order valence-corrected chi connectivity index (χ2v) is 5.63. The first-order valence-corrected chi connectivity index (χ1v) is 7.45. The van der Waals surface area contributed by atoms with E-state index in [2.05, 4.69) is 0 Å². The maximum atomic E-state index is 12.3. The lowest BCUT2D eigenvalue weighted by Gasteiger charge is -2.32. The van der Waals surface area contributed by atoms with Gasteiger partial charge in [-0.2, -0.15) is 0 Å². The largest absolute Gasteiger partial charge is 0.369 e. The molecule has 1 unspecified atom stereocenters. The van der Waals surface area contributed by atoms with Crippen molar-refractivity contribution in [3.8, 4) is 0 Å². The molecular formula is C16H23N3O2. The first kappa shape index (κ1) is 15.5. The molecule has 4 N–H and O–H groups in total. The summed E-state index contributed by atoms with van der Waals surface area (Å²) in [7, 11) is 0. The molecule has 2 rings (SSSR count). The normalized spacial score (nSPS) is 17.5. The molecule has 1 saturated heterocycles. The van der Waals surface area contributed by atoms with E-state index in [9.17, 15) is 9.59 Å². The monoisotopic (exact) mass is 289 g/mol. The van der Waals surface area contributed by atoms with Gasteiger partial charge in [-0.3, -0.25) is 9.59 Å². The van der Waals surface area contributed by atoms with Crippen LogP contribution in [0.3, 0.4) is 0 Å². The maximum absolute atomic E-state index is 12.3. The van der Waals surface area contributed by atoms with Crippen LogP contribution in [-0.2, 0) is 16.0 Å². The molecule has 1 aliphatic rings. The Kier molecular flexibility index (Phi) is 5.33. The average Bonchev–Trinajstić information content (AvgIpc) is 2.53. The van der Waals surface area contributed by atoms with Crippen molar-refractivity contribution >= 4 is 11.8 Å². The van der Waals surface area contributed by atoms with E-state index in [0.717, 1.165) is 6.42 Å². The van der Waals surface area contributed by atoms with Crippen molar-refractivity contribution in [3.63, 3.8) is 0 Å². The van der Waals surface area contributed by atoms with Gasteiger partial charge < -0.3 is 16.4 Å². The van der Waals surface area contributed by atoms with Gasteiger partial charge in [0.05, 0.1) is 6.04 Å². The first-order chi connectivity index (χ1) is 10.1. The number of likely N-dealkylation sites (tertiary alicyclic amines) is 1. The van der Waals surface area contributed by atoms with Crippen LogP contribution in [0, 0.1) is 5.92 Å².